The molecule has 0 amide bonds. The van der Waals surface area contributed by atoms with Crippen LogP contribution >= 0.6 is 0 Å². The number of carboxylic acids is 4. The molecule has 0 heterocycles. The quantitative estimate of drug-likeness (QED) is 0.577. The van der Waals surface area contributed by atoms with Crippen molar-refractivity contribution in [1.82, 2.24) is 0 Å². The summed E-state index contributed by atoms with van der Waals surface area (Å²) in [7, 11) is 0. The smallest absolute Gasteiger partial charge is 0.335 e. The first-order chi connectivity index (χ1) is 11.1. The number of aromatic carboxylic acids is 2. The minimum absolute atomic E-state index is 0.0833. The van der Waals surface area contributed by atoms with Crippen LogP contribution in [0.3, 0.4) is 0 Å². The molecule has 1 aromatic rings. The molecule has 8 nitrogen and oxygen atoms in total. The van der Waals surface area contributed by atoms with Crippen LogP contribution in [0.25, 0.3) is 0 Å². The molecule has 0 unspecified atom stereocenters. The summed E-state index contributed by atoms with van der Waals surface area (Å²) in [5, 5.41) is 32.7. The van der Waals surface area contributed by atoms with E-state index in [0.29, 0.717) is 0 Å². The molecule has 24 heavy (non-hydrogen) atoms. The van der Waals surface area contributed by atoms with Crippen LogP contribution in [0.5, 0.6) is 0 Å². The zero-order chi connectivity index (χ0) is 19.1. The number of allylic oxidation sites excluding steroid dienone is 1. The Morgan fingerprint density at radius 2 is 1.08 bits per heavy atom. The first-order valence-corrected chi connectivity index (χ1v) is 6.76. The maximum Gasteiger partial charge on any atom is 0.335 e. The van der Waals surface area contributed by atoms with Crippen molar-refractivity contribution in [3.63, 3.8) is 0 Å². The Morgan fingerprint density at radius 1 is 0.833 bits per heavy atom. The van der Waals surface area contributed by atoms with Crippen molar-refractivity contribution in [2.45, 2.75) is 26.2 Å². The first kappa shape index (κ1) is 23.1. The van der Waals surface area contributed by atoms with Crippen molar-refractivity contribution in [1.29, 1.82) is 0 Å². The van der Waals surface area contributed by atoms with Crippen molar-refractivity contribution in [2.75, 3.05) is 0 Å². The van der Waals surface area contributed by atoms with E-state index in [9.17, 15) is 19.2 Å². The molecule has 0 saturated heterocycles. The summed E-state index contributed by atoms with van der Waals surface area (Å²) in [5.41, 5.74) is 0.167. The molecule has 8 heteroatoms. The van der Waals surface area contributed by atoms with Gasteiger partial charge in [-0.05, 0) is 30.7 Å². The summed E-state index contributed by atoms with van der Waals surface area (Å²) < 4.78 is 0. The molecule has 1 aromatic carbocycles. The standard InChI is InChI=1S/C8H6O4.C4H6O4.C4H8/c9-7(10)5-1-2-6(4-3-5)8(11)12;5-3(6)1-2-4(7)8;1-3-4-2/h1-4H,(H,9,10)(H,11,12);1-2H2,(H,5,6)(H,7,8);3H,1,4H2,2H3. The second kappa shape index (κ2) is 13.5. The lowest BCUT2D eigenvalue weighted by atomic mass is 10.1. The maximum absolute atomic E-state index is 10.3. The molecule has 0 aromatic heterocycles. The summed E-state index contributed by atoms with van der Waals surface area (Å²) in [6.45, 7) is 5.54. The minimum atomic E-state index is -1.08. The third-order valence-corrected chi connectivity index (χ3v) is 2.22. The Bertz CT molecular complexity index is 513. The van der Waals surface area contributed by atoms with Crippen LogP contribution < -0.4 is 0 Å². The predicted octanol–water partition coefficient (Wildman–Crippen LogP) is 2.60. The summed E-state index contributed by atoms with van der Waals surface area (Å²) in [6.07, 6.45) is 2.37. The van der Waals surface area contributed by atoms with E-state index in [4.69, 9.17) is 20.4 Å². The second-order valence-corrected chi connectivity index (χ2v) is 4.17. The highest BCUT2D eigenvalue weighted by molar-refractivity contribution is 5.91. The average molecular weight is 340 g/mol. The highest BCUT2D eigenvalue weighted by Gasteiger charge is 2.04. The molecular weight excluding hydrogens is 320 g/mol. The molecule has 0 bridgehead atoms. The molecule has 132 valence electrons. The van der Waals surface area contributed by atoms with Gasteiger partial charge < -0.3 is 20.4 Å². The van der Waals surface area contributed by atoms with E-state index < -0.39 is 23.9 Å². The van der Waals surface area contributed by atoms with Crippen molar-refractivity contribution in [3.05, 3.63) is 48.0 Å². The average Bonchev–Trinajstić information content (AvgIpc) is 2.53. The van der Waals surface area contributed by atoms with Gasteiger partial charge in [-0.3, -0.25) is 9.59 Å². The summed E-state index contributed by atoms with van der Waals surface area (Å²) >= 11 is 0. The van der Waals surface area contributed by atoms with E-state index in [1.165, 1.54) is 24.3 Å². The van der Waals surface area contributed by atoms with Gasteiger partial charge >= 0.3 is 23.9 Å². The molecule has 0 atom stereocenters. The van der Waals surface area contributed by atoms with Crippen LogP contribution in [-0.4, -0.2) is 44.3 Å². The molecule has 1 rings (SSSR count). The summed E-state index contributed by atoms with van der Waals surface area (Å²) in [4.78, 5) is 40.0. The lowest BCUT2D eigenvalue weighted by Gasteiger charge is -1.94. The molecular formula is C16H20O8. The van der Waals surface area contributed by atoms with Gasteiger partial charge in [0.15, 0.2) is 0 Å². The number of rotatable bonds is 6. The fraction of sp³-hybridized carbons (Fsp3) is 0.250. The molecule has 0 aliphatic rings. The molecule has 4 N–H and O–H groups in total. The molecule has 0 aliphatic carbocycles. The second-order valence-electron chi connectivity index (χ2n) is 4.17. The zero-order valence-electron chi connectivity index (χ0n) is 13.1. The number of benzene rings is 1. The third kappa shape index (κ3) is 13.8. The van der Waals surface area contributed by atoms with Gasteiger partial charge in [-0.2, -0.15) is 0 Å². The van der Waals surface area contributed by atoms with Crippen molar-refractivity contribution in [2.24, 2.45) is 0 Å². The van der Waals surface area contributed by atoms with Crippen LogP contribution in [0.1, 0.15) is 46.9 Å². The van der Waals surface area contributed by atoms with E-state index in [0.717, 1.165) is 6.42 Å². The number of hydrogen-bond acceptors (Lipinski definition) is 4. The Hall–Kier alpha value is -3.16. The fourth-order valence-corrected chi connectivity index (χ4v) is 0.969. The van der Waals surface area contributed by atoms with Gasteiger partial charge in [0, 0.05) is 0 Å². The Morgan fingerprint density at radius 3 is 1.21 bits per heavy atom. The van der Waals surface area contributed by atoms with E-state index in [1.54, 1.807) is 0 Å². The number of hydrogen-bond donors (Lipinski definition) is 4. The van der Waals surface area contributed by atoms with Crippen LogP contribution in [0, 0.1) is 0 Å². The highest BCUT2D eigenvalue weighted by atomic mass is 16.4. The van der Waals surface area contributed by atoms with Gasteiger partial charge in [0.1, 0.15) is 0 Å². The van der Waals surface area contributed by atoms with E-state index >= 15 is 0 Å². The Kier molecular flexibility index (Phi) is 13.0. The first-order valence-electron chi connectivity index (χ1n) is 6.76. The normalized spacial score (nSPS) is 8.54. The van der Waals surface area contributed by atoms with E-state index in [1.807, 2.05) is 6.08 Å². The zero-order valence-corrected chi connectivity index (χ0v) is 13.1. The molecule has 0 radical (unpaired) electrons. The van der Waals surface area contributed by atoms with E-state index in [2.05, 4.69) is 13.5 Å². The van der Waals surface area contributed by atoms with Crippen LogP contribution in [0.15, 0.2) is 36.9 Å². The molecule has 0 saturated carbocycles. The van der Waals surface area contributed by atoms with Gasteiger partial charge in [-0.15, -0.1) is 6.58 Å². The lowest BCUT2D eigenvalue weighted by Crippen LogP contribution is -2.00. The molecule has 0 fully saturated rings. The Labute approximate surface area is 138 Å². The monoisotopic (exact) mass is 340 g/mol. The maximum atomic E-state index is 10.3. The number of carbonyl (C=O) groups is 4. The molecule has 0 spiro atoms. The van der Waals surface area contributed by atoms with E-state index in [-0.39, 0.29) is 24.0 Å². The van der Waals surface area contributed by atoms with Crippen molar-refractivity contribution < 1.29 is 39.6 Å². The van der Waals surface area contributed by atoms with Crippen molar-refractivity contribution >= 4 is 23.9 Å². The van der Waals surface area contributed by atoms with Gasteiger partial charge in [-0.1, -0.05) is 13.0 Å². The molecule has 0 aliphatic heterocycles. The van der Waals surface area contributed by atoms with Gasteiger partial charge in [-0.25, -0.2) is 9.59 Å². The van der Waals surface area contributed by atoms with Crippen molar-refractivity contribution in [3.8, 4) is 0 Å². The van der Waals surface area contributed by atoms with Gasteiger partial charge in [0.2, 0.25) is 0 Å². The van der Waals surface area contributed by atoms with Gasteiger partial charge in [0.05, 0.1) is 24.0 Å². The predicted molar refractivity (Wildman–Crippen MR) is 85.4 cm³/mol. The SMILES string of the molecule is C=CCC.O=C(O)CCC(=O)O.O=C(O)c1ccc(C(=O)O)cc1. The highest BCUT2D eigenvalue weighted by Crippen LogP contribution is 2.03. The summed E-state index contributed by atoms with van der Waals surface area (Å²) in [6, 6.07) is 5.02. The minimum Gasteiger partial charge on any atom is -0.481 e. The van der Waals surface area contributed by atoms with Gasteiger partial charge in [0.25, 0.3) is 0 Å². The van der Waals surface area contributed by atoms with Crippen LogP contribution in [0.2, 0.25) is 0 Å². The fourth-order valence-electron chi connectivity index (χ4n) is 0.969. The largest absolute Gasteiger partial charge is 0.481 e. The third-order valence-electron chi connectivity index (χ3n) is 2.22. The topological polar surface area (TPSA) is 149 Å². The van der Waals surface area contributed by atoms with Crippen LogP contribution in [0.4, 0.5) is 0 Å². The van der Waals surface area contributed by atoms with Crippen LogP contribution in [-0.2, 0) is 9.59 Å². The Balaban J connectivity index is 0. The number of carboxylic acid groups (broad SMARTS) is 4. The number of aliphatic carboxylic acids is 2. The lowest BCUT2D eigenvalue weighted by molar-refractivity contribution is -0.143. The summed E-state index contributed by atoms with van der Waals surface area (Å²) in [5.74, 6) is -4.28.